The fourth-order valence-electron chi connectivity index (χ4n) is 2.58. The summed E-state index contributed by atoms with van der Waals surface area (Å²) >= 11 is 0. The Labute approximate surface area is 141 Å². The SMILES string of the molecule is Cc1ccc(C)c(OCC(=O)NC(C)c2cc3ccccc3o2)c1. The van der Waals surface area contributed by atoms with E-state index >= 15 is 0 Å². The van der Waals surface area contributed by atoms with E-state index in [4.69, 9.17) is 9.15 Å². The van der Waals surface area contributed by atoms with Crippen LogP contribution in [0.1, 0.15) is 29.9 Å². The third-order valence-corrected chi connectivity index (χ3v) is 3.95. The second-order valence-corrected chi connectivity index (χ2v) is 6.03. The molecule has 1 aromatic heterocycles. The van der Waals surface area contributed by atoms with E-state index in [1.54, 1.807) is 0 Å². The number of hydrogen-bond acceptors (Lipinski definition) is 3. The first-order valence-corrected chi connectivity index (χ1v) is 8.01. The molecule has 0 radical (unpaired) electrons. The van der Waals surface area contributed by atoms with Gasteiger partial charge in [-0.15, -0.1) is 0 Å². The quantitative estimate of drug-likeness (QED) is 0.761. The molecular weight excluding hydrogens is 302 g/mol. The van der Waals surface area contributed by atoms with Gasteiger partial charge in [0.1, 0.15) is 17.1 Å². The molecule has 1 unspecified atom stereocenters. The Kier molecular flexibility index (Phi) is 4.56. The maximum atomic E-state index is 12.1. The van der Waals surface area contributed by atoms with Gasteiger partial charge in [0.25, 0.3) is 5.91 Å². The van der Waals surface area contributed by atoms with Crippen molar-refractivity contribution in [3.8, 4) is 5.75 Å². The van der Waals surface area contributed by atoms with E-state index in [2.05, 4.69) is 5.32 Å². The molecule has 24 heavy (non-hydrogen) atoms. The first-order valence-electron chi connectivity index (χ1n) is 8.01. The standard InChI is InChI=1S/C20H21NO3/c1-13-8-9-14(2)18(10-13)23-12-20(22)21-15(3)19-11-16-6-4-5-7-17(16)24-19/h4-11,15H,12H2,1-3H3,(H,21,22). The van der Waals surface area contributed by atoms with Gasteiger partial charge in [-0.2, -0.15) is 0 Å². The number of carbonyl (C=O) groups is 1. The fraction of sp³-hybridized carbons (Fsp3) is 0.250. The van der Waals surface area contributed by atoms with Crippen molar-refractivity contribution in [2.45, 2.75) is 26.8 Å². The predicted molar refractivity (Wildman–Crippen MR) is 94.2 cm³/mol. The molecule has 4 heteroatoms. The van der Waals surface area contributed by atoms with E-state index in [9.17, 15) is 4.79 Å². The maximum Gasteiger partial charge on any atom is 0.258 e. The summed E-state index contributed by atoms with van der Waals surface area (Å²) in [6, 6.07) is 15.5. The van der Waals surface area contributed by atoms with Crippen molar-refractivity contribution in [2.75, 3.05) is 6.61 Å². The minimum absolute atomic E-state index is 0.0190. The summed E-state index contributed by atoms with van der Waals surface area (Å²) in [6.07, 6.45) is 0. The van der Waals surface area contributed by atoms with Gasteiger partial charge in [0.15, 0.2) is 6.61 Å². The summed E-state index contributed by atoms with van der Waals surface area (Å²) in [5, 5.41) is 3.93. The van der Waals surface area contributed by atoms with Crippen LogP contribution in [-0.2, 0) is 4.79 Å². The maximum absolute atomic E-state index is 12.1. The van der Waals surface area contributed by atoms with Crippen molar-refractivity contribution in [1.82, 2.24) is 5.32 Å². The van der Waals surface area contributed by atoms with Crippen LogP contribution in [0.2, 0.25) is 0 Å². The van der Waals surface area contributed by atoms with Gasteiger partial charge in [0.2, 0.25) is 0 Å². The minimum atomic E-state index is -0.216. The predicted octanol–water partition coefficient (Wildman–Crippen LogP) is 4.31. The van der Waals surface area contributed by atoms with E-state index < -0.39 is 0 Å². The average Bonchev–Trinajstić information content (AvgIpc) is 3.00. The molecule has 1 amide bonds. The molecule has 0 saturated carbocycles. The summed E-state index contributed by atoms with van der Waals surface area (Å²) in [7, 11) is 0. The highest BCUT2D eigenvalue weighted by Gasteiger charge is 2.14. The summed E-state index contributed by atoms with van der Waals surface area (Å²) in [6.45, 7) is 5.84. The third kappa shape index (κ3) is 3.59. The number of nitrogens with one attached hydrogen (secondary N) is 1. The Morgan fingerprint density at radius 3 is 2.75 bits per heavy atom. The van der Waals surface area contributed by atoms with Crippen molar-refractivity contribution >= 4 is 16.9 Å². The minimum Gasteiger partial charge on any atom is -0.483 e. The zero-order chi connectivity index (χ0) is 17.1. The van der Waals surface area contributed by atoms with Crippen LogP contribution in [-0.4, -0.2) is 12.5 Å². The monoisotopic (exact) mass is 323 g/mol. The molecule has 0 aliphatic carbocycles. The van der Waals surface area contributed by atoms with Crippen LogP contribution in [0.5, 0.6) is 5.75 Å². The lowest BCUT2D eigenvalue weighted by molar-refractivity contribution is -0.123. The van der Waals surface area contributed by atoms with Gasteiger partial charge < -0.3 is 14.5 Å². The van der Waals surface area contributed by atoms with Crippen molar-refractivity contribution < 1.29 is 13.9 Å². The number of amides is 1. The smallest absolute Gasteiger partial charge is 0.258 e. The van der Waals surface area contributed by atoms with Gasteiger partial charge in [0.05, 0.1) is 6.04 Å². The molecule has 3 rings (SSSR count). The Morgan fingerprint density at radius 1 is 1.17 bits per heavy atom. The molecule has 0 aliphatic rings. The van der Waals surface area contributed by atoms with E-state index in [0.29, 0.717) is 0 Å². The molecule has 2 aromatic carbocycles. The van der Waals surface area contributed by atoms with Gasteiger partial charge >= 0.3 is 0 Å². The van der Waals surface area contributed by atoms with Gasteiger partial charge in [-0.05, 0) is 50.1 Å². The summed E-state index contributed by atoms with van der Waals surface area (Å²) in [5.41, 5.74) is 2.94. The number of rotatable bonds is 5. The molecule has 3 aromatic rings. The Morgan fingerprint density at radius 2 is 1.96 bits per heavy atom. The molecule has 0 bridgehead atoms. The van der Waals surface area contributed by atoms with Gasteiger partial charge in [0, 0.05) is 5.39 Å². The first kappa shape index (κ1) is 16.1. The van der Waals surface area contributed by atoms with Crippen LogP contribution in [0, 0.1) is 13.8 Å². The molecule has 4 nitrogen and oxygen atoms in total. The Balaban J connectivity index is 1.60. The number of benzene rings is 2. The van der Waals surface area contributed by atoms with E-state index in [1.807, 2.05) is 69.3 Å². The molecule has 124 valence electrons. The van der Waals surface area contributed by atoms with Crippen LogP contribution < -0.4 is 10.1 Å². The van der Waals surface area contributed by atoms with Crippen LogP contribution in [0.15, 0.2) is 52.9 Å². The fourth-order valence-corrected chi connectivity index (χ4v) is 2.58. The largest absolute Gasteiger partial charge is 0.483 e. The Bertz CT molecular complexity index is 833. The summed E-state index contributed by atoms with van der Waals surface area (Å²) < 4.78 is 11.4. The number of carbonyl (C=O) groups excluding carboxylic acids is 1. The molecule has 0 aliphatic heterocycles. The lowest BCUT2D eigenvalue weighted by Gasteiger charge is -2.13. The molecule has 1 atom stereocenters. The normalized spacial score (nSPS) is 12.1. The molecule has 1 N–H and O–H groups in total. The average molecular weight is 323 g/mol. The number of para-hydroxylation sites is 1. The van der Waals surface area contributed by atoms with Gasteiger partial charge in [-0.1, -0.05) is 30.3 Å². The van der Waals surface area contributed by atoms with Crippen molar-refractivity contribution in [1.29, 1.82) is 0 Å². The molecule has 0 spiro atoms. The van der Waals surface area contributed by atoms with Crippen LogP contribution in [0.25, 0.3) is 11.0 Å². The number of ether oxygens (including phenoxy) is 1. The van der Waals surface area contributed by atoms with Crippen LogP contribution in [0.4, 0.5) is 0 Å². The molecule has 0 saturated heterocycles. The lowest BCUT2D eigenvalue weighted by atomic mass is 10.1. The highest BCUT2D eigenvalue weighted by molar-refractivity contribution is 5.79. The van der Waals surface area contributed by atoms with E-state index in [-0.39, 0.29) is 18.6 Å². The number of hydrogen-bond donors (Lipinski definition) is 1. The Hall–Kier alpha value is -2.75. The second kappa shape index (κ2) is 6.79. The van der Waals surface area contributed by atoms with Gasteiger partial charge in [-0.25, -0.2) is 0 Å². The van der Waals surface area contributed by atoms with E-state index in [1.165, 1.54) is 0 Å². The van der Waals surface area contributed by atoms with Crippen LogP contribution in [0.3, 0.4) is 0 Å². The lowest BCUT2D eigenvalue weighted by Crippen LogP contribution is -2.31. The van der Waals surface area contributed by atoms with Crippen LogP contribution >= 0.6 is 0 Å². The topological polar surface area (TPSA) is 51.5 Å². The van der Waals surface area contributed by atoms with Crippen molar-refractivity contribution in [3.05, 3.63) is 65.4 Å². The number of fused-ring (bicyclic) bond motifs is 1. The zero-order valence-electron chi connectivity index (χ0n) is 14.1. The van der Waals surface area contributed by atoms with E-state index in [0.717, 1.165) is 33.6 Å². The molecule has 0 fully saturated rings. The summed E-state index contributed by atoms with van der Waals surface area (Å²) in [5.74, 6) is 1.29. The number of aryl methyl sites for hydroxylation is 2. The molecular formula is C20H21NO3. The number of furan rings is 1. The summed E-state index contributed by atoms with van der Waals surface area (Å²) in [4.78, 5) is 12.1. The second-order valence-electron chi connectivity index (χ2n) is 6.03. The zero-order valence-corrected chi connectivity index (χ0v) is 14.1. The van der Waals surface area contributed by atoms with Crippen molar-refractivity contribution in [2.24, 2.45) is 0 Å². The first-order chi connectivity index (χ1) is 11.5. The van der Waals surface area contributed by atoms with Crippen molar-refractivity contribution in [3.63, 3.8) is 0 Å². The molecule has 1 heterocycles. The highest BCUT2D eigenvalue weighted by atomic mass is 16.5. The highest BCUT2D eigenvalue weighted by Crippen LogP contribution is 2.23. The van der Waals surface area contributed by atoms with Gasteiger partial charge in [-0.3, -0.25) is 4.79 Å². The third-order valence-electron chi connectivity index (χ3n) is 3.95.